The second-order valence-corrected chi connectivity index (χ2v) is 4.33. The highest BCUT2D eigenvalue weighted by Gasteiger charge is 2.16. The third-order valence-corrected chi connectivity index (χ3v) is 2.96. The van der Waals surface area contributed by atoms with Crippen LogP contribution in [0.25, 0.3) is 11.1 Å². The SMILES string of the molecule is C/C=C/C(=C(/C(=O)O)c1ccccc1)c1ccccc1. The molecule has 2 aromatic rings. The predicted octanol–water partition coefficient (Wildman–Crippen LogP) is 4.26. The van der Waals surface area contributed by atoms with Gasteiger partial charge in [0.15, 0.2) is 0 Å². The van der Waals surface area contributed by atoms with Crippen molar-refractivity contribution in [2.45, 2.75) is 6.92 Å². The standard InChI is InChI=1S/C18H16O2/c1-2-9-16(14-10-5-3-6-11-14)17(18(19)20)15-12-7-4-8-13-15/h2-13H,1H3,(H,19,20)/b9-2+,17-16-. The van der Waals surface area contributed by atoms with E-state index in [2.05, 4.69) is 0 Å². The minimum Gasteiger partial charge on any atom is -0.478 e. The fourth-order valence-corrected chi connectivity index (χ4v) is 2.11. The highest BCUT2D eigenvalue weighted by atomic mass is 16.4. The van der Waals surface area contributed by atoms with Gasteiger partial charge < -0.3 is 5.11 Å². The molecule has 0 unspecified atom stereocenters. The molecule has 2 heteroatoms. The molecule has 2 rings (SSSR count). The van der Waals surface area contributed by atoms with Gasteiger partial charge in [-0.2, -0.15) is 0 Å². The van der Waals surface area contributed by atoms with Crippen LogP contribution in [0.4, 0.5) is 0 Å². The quantitative estimate of drug-likeness (QED) is 0.509. The number of carbonyl (C=O) groups is 1. The van der Waals surface area contributed by atoms with Crippen molar-refractivity contribution >= 4 is 17.1 Å². The molecule has 0 heterocycles. The van der Waals surface area contributed by atoms with Gasteiger partial charge in [0.2, 0.25) is 0 Å². The Labute approximate surface area is 118 Å². The zero-order valence-electron chi connectivity index (χ0n) is 11.3. The first-order valence-corrected chi connectivity index (χ1v) is 6.45. The summed E-state index contributed by atoms with van der Waals surface area (Å²) in [6.45, 7) is 1.88. The molecule has 0 amide bonds. The summed E-state index contributed by atoms with van der Waals surface area (Å²) in [4.78, 5) is 11.7. The van der Waals surface area contributed by atoms with Gasteiger partial charge >= 0.3 is 5.97 Å². The lowest BCUT2D eigenvalue weighted by Gasteiger charge is -2.10. The van der Waals surface area contributed by atoms with Gasteiger partial charge in [-0.15, -0.1) is 0 Å². The van der Waals surface area contributed by atoms with Gasteiger partial charge in [-0.3, -0.25) is 0 Å². The van der Waals surface area contributed by atoms with E-state index < -0.39 is 5.97 Å². The predicted molar refractivity (Wildman–Crippen MR) is 82.1 cm³/mol. The largest absolute Gasteiger partial charge is 0.478 e. The molecule has 0 atom stereocenters. The van der Waals surface area contributed by atoms with Crippen LogP contribution in [-0.2, 0) is 4.79 Å². The highest BCUT2D eigenvalue weighted by molar-refractivity contribution is 6.25. The minimum absolute atomic E-state index is 0.315. The van der Waals surface area contributed by atoms with Crippen molar-refractivity contribution < 1.29 is 9.90 Å². The number of aliphatic carboxylic acids is 1. The topological polar surface area (TPSA) is 37.3 Å². The summed E-state index contributed by atoms with van der Waals surface area (Å²) in [5.41, 5.74) is 2.63. The van der Waals surface area contributed by atoms with E-state index in [-0.39, 0.29) is 0 Å². The van der Waals surface area contributed by atoms with Gasteiger partial charge in [0.1, 0.15) is 0 Å². The third kappa shape index (κ3) is 3.04. The third-order valence-electron chi connectivity index (χ3n) is 2.96. The molecule has 100 valence electrons. The average Bonchev–Trinajstić information content (AvgIpc) is 2.48. The molecule has 0 spiro atoms. The Bertz CT molecular complexity index is 638. The van der Waals surface area contributed by atoms with E-state index in [9.17, 15) is 9.90 Å². The van der Waals surface area contributed by atoms with Gasteiger partial charge in [0, 0.05) is 0 Å². The molecular weight excluding hydrogens is 248 g/mol. The Balaban J connectivity index is 2.70. The van der Waals surface area contributed by atoms with Crippen molar-refractivity contribution in [1.29, 1.82) is 0 Å². The Hall–Kier alpha value is -2.61. The van der Waals surface area contributed by atoms with Crippen LogP contribution in [0.1, 0.15) is 18.1 Å². The minimum atomic E-state index is -0.923. The number of allylic oxidation sites excluding steroid dienone is 3. The number of hydrogen-bond donors (Lipinski definition) is 1. The monoisotopic (exact) mass is 264 g/mol. The maximum atomic E-state index is 11.7. The van der Waals surface area contributed by atoms with Crippen LogP contribution in [0, 0.1) is 0 Å². The maximum Gasteiger partial charge on any atom is 0.336 e. The van der Waals surface area contributed by atoms with Crippen LogP contribution >= 0.6 is 0 Å². The molecule has 0 bridgehead atoms. The van der Waals surface area contributed by atoms with Gasteiger partial charge in [-0.1, -0.05) is 72.8 Å². The molecule has 0 aliphatic rings. The second kappa shape index (κ2) is 6.53. The van der Waals surface area contributed by atoms with Crippen molar-refractivity contribution in [3.63, 3.8) is 0 Å². The number of carboxylic acids is 1. The van der Waals surface area contributed by atoms with Crippen LogP contribution < -0.4 is 0 Å². The summed E-state index contributed by atoms with van der Waals surface area (Å²) in [5, 5.41) is 9.59. The molecule has 0 saturated heterocycles. The Kier molecular flexibility index (Phi) is 4.51. The van der Waals surface area contributed by atoms with E-state index in [0.29, 0.717) is 16.7 Å². The first-order valence-electron chi connectivity index (χ1n) is 6.45. The van der Waals surface area contributed by atoms with Crippen molar-refractivity contribution in [2.24, 2.45) is 0 Å². The summed E-state index contributed by atoms with van der Waals surface area (Å²) in [6.07, 6.45) is 3.69. The lowest BCUT2D eigenvalue weighted by Crippen LogP contribution is -2.03. The zero-order valence-corrected chi connectivity index (χ0v) is 11.3. The molecule has 0 radical (unpaired) electrons. The molecule has 2 aromatic carbocycles. The molecule has 2 nitrogen and oxygen atoms in total. The molecule has 0 saturated carbocycles. The van der Waals surface area contributed by atoms with E-state index in [4.69, 9.17) is 0 Å². The summed E-state index contributed by atoms with van der Waals surface area (Å²) >= 11 is 0. The highest BCUT2D eigenvalue weighted by Crippen LogP contribution is 2.27. The first kappa shape index (κ1) is 13.8. The maximum absolute atomic E-state index is 11.7. The van der Waals surface area contributed by atoms with Crippen LogP contribution in [0.5, 0.6) is 0 Å². The molecule has 1 N–H and O–H groups in total. The lowest BCUT2D eigenvalue weighted by molar-refractivity contribution is -0.130. The smallest absolute Gasteiger partial charge is 0.336 e. The summed E-state index contributed by atoms with van der Waals surface area (Å²) < 4.78 is 0. The van der Waals surface area contributed by atoms with E-state index in [1.165, 1.54) is 0 Å². The fraction of sp³-hybridized carbons (Fsp3) is 0.0556. The van der Waals surface area contributed by atoms with Gasteiger partial charge in [-0.25, -0.2) is 4.79 Å². The van der Waals surface area contributed by atoms with Crippen molar-refractivity contribution in [3.8, 4) is 0 Å². The molecule has 20 heavy (non-hydrogen) atoms. The molecule has 0 aliphatic heterocycles. The molecular formula is C18H16O2. The van der Waals surface area contributed by atoms with Gasteiger partial charge in [-0.05, 0) is 23.6 Å². The van der Waals surface area contributed by atoms with Crippen LogP contribution in [0.3, 0.4) is 0 Å². The van der Waals surface area contributed by atoms with Crippen molar-refractivity contribution in [1.82, 2.24) is 0 Å². The first-order chi connectivity index (χ1) is 9.74. The molecule has 0 aliphatic carbocycles. The van der Waals surface area contributed by atoms with E-state index in [0.717, 1.165) is 5.56 Å². The second-order valence-electron chi connectivity index (χ2n) is 4.33. The van der Waals surface area contributed by atoms with Gasteiger partial charge in [0.25, 0.3) is 0 Å². The van der Waals surface area contributed by atoms with Crippen molar-refractivity contribution in [2.75, 3.05) is 0 Å². The Morgan fingerprint density at radius 2 is 1.40 bits per heavy atom. The van der Waals surface area contributed by atoms with Crippen LogP contribution in [0.2, 0.25) is 0 Å². The zero-order chi connectivity index (χ0) is 14.4. The summed E-state index contributed by atoms with van der Waals surface area (Å²) in [6, 6.07) is 18.8. The normalized spacial score (nSPS) is 12.2. The van der Waals surface area contributed by atoms with E-state index in [1.807, 2.05) is 79.7 Å². The number of carboxylic acid groups (broad SMARTS) is 1. The van der Waals surface area contributed by atoms with Crippen LogP contribution in [0.15, 0.2) is 72.8 Å². The lowest BCUT2D eigenvalue weighted by atomic mass is 9.94. The van der Waals surface area contributed by atoms with Crippen molar-refractivity contribution in [3.05, 3.63) is 83.9 Å². The average molecular weight is 264 g/mol. The summed E-state index contributed by atoms with van der Waals surface area (Å²) in [7, 11) is 0. The van der Waals surface area contributed by atoms with Crippen LogP contribution in [-0.4, -0.2) is 11.1 Å². The number of benzene rings is 2. The molecule has 0 aromatic heterocycles. The van der Waals surface area contributed by atoms with E-state index >= 15 is 0 Å². The van der Waals surface area contributed by atoms with E-state index in [1.54, 1.807) is 0 Å². The fourth-order valence-electron chi connectivity index (χ4n) is 2.11. The van der Waals surface area contributed by atoms with Gasteiger partial charge in [0.05, 0.1) is 5.57 Å². The summed E-state index contributed by atoms with van der Waals surface area (Å²) in [5.74, 6) is -0.923. The Morgan fingerprint density at radius 3 is 1.85 bits per heavy atom. The Morgan fingerprint density at radius 1 is 0.900 bits per heavy atom. The molecule has 0 fully saturated rings. The number of rotatable bonds is 4. The number of hydrogen-bond acceptors (Lipinski definition) is 1.